The summed E-state index contributed by atoms with van der Waals surface area (Å²) in [5, 5.41) is 0. The number of halogens is 2. The second kappa shape index (κ2) is 6.29. The zero-order chi connectivity index (χ0) is 13.0. The maximum absolute atomic E-state index is 13.2. The Morgan fingerprint density at radius 3 is 2.61 bits per heavy atom. The molecule has 0 aliphatic rings. The van der Waals surface area contributed by atoms with Crippen LogP contribution in [0.25, 0.3) is 0 Å². The summed E-state index contributed by atoms with van der Waals surface area (Å²) in [6.07, 6.45) is -0.118. The third-order valence-corrected chi connectivity index (χ3v) is 3.72. The first-order chi connectivity index (χ1) is 8.66. The Balaban J connectivity index is 2.03. The van der Waals surface area contributed by atoms with Crippen LogP contribution in [0.3, 0.4) is 0 Å². The van der Waals surface area contributed by atoms with Crippen LogP contribution >= 0.6 is 22.6 Å². The van der Waals surface area contributed by atoms with Crippen LogP contribution in [-0.2, 0) is 11.3 Å². The summed E-state index contributed by atoms with van der Waals surface area (Å²) >= 11 is 2.20. The summed E-state index contributed by atoms with van der Waals surface area (Å²) in [6.45, 7) is 2.48. The lowest BCUT2D eigenvalue weighted by molar-refractivity contribution is 0.0518. The van der Waals surface area contributed by atoms with Crippen LogP contribution in [0.5, 0.6) is 0 Å². The summed E-state index contributed by atoms with van der Waals surface area (Å²) < 4.78 is 20.0. The SMILES string of the molecule is C[C@@H](OCc1ccccc1)c1cc(F)ccc1I. The minimum absolute atomic E-state index is 0.118. The molecule has 0 fully saturated rings. The molecule has 0 N–H and O–H groups in total. The Morgan fingerprint density at radius 2 is 1.89 bits per heavy atom. The lowest BCUT2D eigenvalue weighted by atomic mass is 10.1. The van der Waals surface area contributed by atoms with Crippen molar-refractivity contribution in [3.63, 3.8) is 0 Å². The van der Waals surface area contributed by atoms with Crippen molar-refractivity contribution in [2.75, 3.05) is 0 Å². The molecule has 0 aliphatic heterocycles. The standard InChI is InChI=1S/C15H14FIO/c1-11(14-9-13(16)7-8-15(14)17)18-10-12-5-3-2-4-6-12/h2-9,11H,10H2,1H3/t11-/m1/s1. The molecular weight excluding hydrogens is 342 g/mol. The van der Waals surface area contributed by atoms with Gasteiger partial charge in [0.15, 0.2) is 0 Å². The van der Waals surface area contributed by atoms with Crippen LogP contribution < -0.4 is 0 Å². The van der Waals surface area contributed by atoms with Crippen molar-refractivity contribution >= 4 is 22.6 Å². The molecule has 0 amide bonds. The van der Waals surface area contributed by atoms with Gasteiger partial charge in [-0.1, -0.05) is 30.3 Å². The van der Waals surface area contributed by atoms with Gasteiger partial charge in [0.1, 0.15) is 5.82 Å². The molecule has 94 valence electrons. The zero-order valence-electron chi connectivity index (χ0n) is 10.1. The van der Waals surface area contributed by atoms with Gasteiger partial charge in [-0.05, 0) is 58.8 Å². The number of hydrogen-bond acceptors (Lipinski definition) is 1. The maximum atomic E-state index is 13.2. The van der Waals surface area contributed by atoms with E-state index in [-0.39, 0.29) is 11.9 Å². The minimum Gasteiger partial charge on any atom is -0.369 e. The van der Waals surface area contributed by atoms with Crippen molar-refractivity contribution in [1.82, 2.24) is 0 Å². The van der Waals surface area contributed by atoms with E-state index in [1.54, 1.807) is 6.07 Å². The molecule has 0 heterocycles. The highest BCUT2D eigenvalue weighted by Crippen LogP contribution is 2.24. The molecule has 2 aromatic carbocycles. The topological polar surface area (TPSA) is 9.23 Å². The predicted octanol–water partition coefficient (Wildman–Crippen LogP) is 4.71. The average molecular weight is 356 g/mol. The van der Waals surface area contributed by atoms with E-state index in [4.69, 9.17) is 4.74 Å². The van der Waals surface area contributed by atoms with Gasteiger partial charge in [0.25, 0.3) is 0 Å². The van der Waals surface area contributed by atoms with Gasteiger partial charge in [0, 0.05) is 3.57 Å². The number of ether oxygens (including phenoxy) is 1. The molecule has 2 rings (SSSR count). The van der Waals surface area contributed by atoms with E-state index >= 15 is 0 Å². The van der Waals surface area contributed by atoms with Crippen molar-refractivity contribution in [2.45, 2.75) is 19.6 Å². The summed E-state index contributed by atoms with van der Waals surface area (Å²) in [6, 6.07) is 14.7. The Morgan fingerprint density at radius 1 is 1.17 bits per heavy atom. The fourth-order valence-electron chi connectivity index (χ4n) is 1.71. The second-order valence-corrected chi connectivity index (χ2v) is 5.27. The van der Waals surface area contributed by atoms with Crippen LogP contribution in [0.15, 0.2) is 48.5 Å². The predicted molar refractivity (Wildman–Crippen MR) is 78.8 cm³/mol. The summed E-state index contributed by atoms with van der Waals surface area (Å²) in [7, 11) is 0. The van der Waals surface area contributed by atoms with Crippen LogP contribution in [-0.4, -0.2) is 0 Å². The third kappa shape index (κ3) is 3.53. The summed E-state index contributed by atoms with van der Waals surface area (Å²) in [5.74, 6) is -0.222. The molecule has 1 nitrogen and oxygen atoms in total. The lowest BCUT2D eigenvalue weighted by Crippen LogP contribution is -2.03. The van der Waals surface area contributed by atoms with Crippen molar-refractivity contribution in [1.29, 1.82) is 0 Å². The van der Waals surface area contributed by atoms with E-state index in [9.17, 15) is 4.39 Å². The third-order valence-electron chi connectivity index (χ3n) is 2.74. The average Bonchev–Trinajstić information content (AvgIpc) is 2.40. The molecule has 0 aliphatic carbocycles. The van der Waals surface area contributed by atoms with Crippen molar-refractivity contribution in [3.05, 3.63) is 69.0 Å². The molecule has 0 aromatic heterocycles. The fourth-order valence-corrected chi connectivity index (χ4v) is 2.49. The van der Waals surface area contributed by atoms with E-state index in [1.807, 2.05) is 37.3 Å². The van der Waals surface area contributed by atoms with Gasteiger partial charge in [0.2, 0.25) is 0 Å². The highest BCUT2D eigenvalue weighted by molar-refractivity contribution is 14.1. The molecule has 0 spiro atoms. The molecule has 1 atom stereocenters. The van der Waals surface area contributed by atoms with Crippen LogP contribution in [0.1, 0.15) is 24.2 Å². The monoisotopic (exact) mass is 356 g/mol. The van der Waals surface area contributed by atoms with Crippen molar-refractivity contribution in [3.8, 4) is 0 Å². The van der Waals surface area contributed by atoms with E-state index in [1.165, 1.54) is 12.1 Å². The minimum atomic E-state index is -0.222. The first-order valence-electron chi connectivity index (χ1n) is 5.77. The molecule has 0 saturated carbocycles. The number of rotatable bonds is 4. The maximum Gasteiger partial charge on any atom is 0.123 e. The number of benzene rings is 2. The smallest absolute Gasteiger partial charge is 0.123 e. The highest BCUT2D eigenvalue weighted by Gasteiger charge is 2.11. The van der Waals surface area contributed by atoms with Gasteiger partial charge in [-0.2, -0.15) is 0 Å². The molecule has 0 saturated heterocycles. The quantitative estimate of drug-likeness (QED) is 0.721. The fraction of sp³-hybridized carbons (Fsp3) is 0.200. The van der Waals surface area contributed by atoms with E-state index in [2.05, 4.69) is 22.6 Å². The Kier molecular flexibility index (Phi) is 4.72. The summed E-state index contributed by atoms with van der Waals surface area (Å²) in [5.41, 5.74) is 2.02. The molecule has 2 aromatic rings. The molecule has 0 unspecified atom stereocenters. The van der Waals surface area contributed by atoms with Crippen molar-refractivity contribution in [2.24, 2.45) is 0 Å². The Bertz CT molecular complexity index is 513. The molecule has 3 heteroatoms. The van der Waals surface area contributed by atoms with E-state index < -0.39 is 0 Å². The molecule has 0 bridgehead atoms. The molecule has 18 heavy (non-hydrogen) atoms. The normalized spacial score (nSPS) is 12.4. The Labute approximate surface area is 120 Å². The first-order valence-corrected chi connectivity index (χ1v) is 6.85. The lowest BCUT2D eigenvalue weighted by Gasteiger charge is -2.15. The van der Waals surface area contributed by atoms with Gasteiger partial charge >= 0.3 is 0 Å². The second-order valence-electron chi connectivity index (χ2n) is 4.10. The van der Waals surface area contributed by atoms with Crippen molar-refractivity contribution < 1.29 is 9.13 Å². The van der Waals surface area contributed by atoms with Gasteiger partial charge in [-0.25, -0.2) is 4.39 Å². The molecule has 0 radical (unpaired) electrons. The van der Waals surface area contributed by atoms with E-state index in [0.717, 1.165) is 14.7 Å². The van der Waals surface area contributed by atoms with Crippen LogP contribution in [0.4, 0.5) is 4.39 Å². The summed E-state index contributed by atoms with van der Waals surface area (Å²) in [4.78, 5) is 0. The van der Waals surface area contributed by atoms with E-state index in [0.29, 0.717) is 6.61 Å². The first kappa shape index (κ1) is 13.5. The van der Waals surface area contributed by atoms with Gasteiger partial charge in [-0.15, -0.1) is 0 Å². The Hall–Kier alpha value is -0.940. The number of hydrogen-bond donors (Lipinski definition) is 0. The van der Waals surface area contributed by atoms with Gasteiger partial charge in [-0.3, -0.25) is 0 Å². The zero-order valence-corrected chi connectivity index (χ0v) is 12.2. The van der Waals surface area contributed by atoms with Gasteiger partial charge < -0.3 is 4.74 Å². The van der Waals surface area contributed by atoms with Crippen LogP contribution in [0.2, 0.25) is 0 Å². The van der Waals surface area contributed by atoms with Gasteiger partial charge in [0.05, 0.1) is 12.7 Å². The highest BCUT2D eigenvalue weighted by atomic mass is 127. The molecular formula is C15H14FIO. The van der Waals surface area contributed by atoms with Crippen LogP contribution in [0, 0.1) is 9.39 Å². The largest absolute Gasteiger partial charge is 0.369 e.